The zero-order chi connectivity index (χ0) is 15.4. The number of amides is 1. The summed E-state index contributed by atoms with van der Waals surface area (Å²) in [6, 6.07) is 18.0. The Labute approximate surface area is 134 Å². The van der Waals surface area contributed by atoms with Crippen LogP contribution in [0.1, 0.15) is 16.7 Å². The molecule has 0 atom stereocenters. The lowest BCUT2D eigenvalue weighted by Gasteiger charge is -1.99. The molecule has 22 heavy (non-hydrogen) atoms. The molecule has 2 aromatic carbocycles. The summed E-state index contributed by atoms with van der Waals surface area (Å²) in [5.74, 6) is -0.168. The molecular formula is C19H15NOS. The zero-order valence-corrected chi connectivity index (χ0v) is 13.0. The van der Waals surface area contributed by atoms with Crippen molar-refractivity contribution < 1.29 is 4.79 Å². The van der Waals surface area contributed by atoms with Crippen molar-refractivity contribution >= 4 is 28.8 Å². The zero-order valence-electron chi connectivity index (χ0n) is 12.2. The molecule has 3 heteroatoms. The smallest absolute Gasteiger partial charge is 0.266 e. The number of carbonyl (C=O) groups excluding carboxylic acids is 1. The Morgan fingerprint density at radius 3 is 2.45 bits per heavy atom. The van der Waals surface area contributed by atoms with E-state index in [9.17, 15) is 4.79 Å². The van der Waals surface area contributed by atoms with Crippen LogP contribution in [0.4, 0.5) is 0 Å². The van der Waals surface area contributed by atoms with Gasteiger partial charge in [-0.25, -0.2) is 4.99 Å². The fourth-order valence-corrected chi connectivity index (χ4v) is 2.92. The van der Waals surface area contributed by atoms with Gasteiger partial charge in [-0.3, -0.25) is 4.79 Å². The summed E-state index contributed by atoms with van der Waals surface area (Å²) in [6.07, 6.45) is 5.69. The number of aryl methyl sites for hydroxylation is 1. The van der Waals surface area contributed by atoms with Crippen LogP contribution in [-0.4, -0.2) is 11.0 Å². The second-order valence-corrected chi connectivity index (χ2v) is 6.02. The monoisotopic (exact) mass is 305 g/mol. The average Bonchev–Trinajstić information content (AvgIpc) is 2.90. The number of nitrogens with zero attached hydrogens (tertiary/aromatic N) is 1. The van der Waals surface area contributed by atoms with Gasteiger partial charge in [-0.05, 0) is 18.6 Å². The maximum absolute atomic E-state index is 12.0. The Bertz CT molecular complexity index is 771. The first-order valence-electron chi connectivity index (χ1n) is 7.04. The minimum atomic E-state index is -0.168. The lowest BCUT2D eigenvalue weighted by atomic mass is 10.2. The van der Waals surface area contributed by atoms with Gasteiger partial charge in [0.15, 0.2) is 0 Å². The van der Waals surface area contributed by atoms with Gasteiger partial charge in [0.05, 0.1) is 4.91 Å². The molecule has 0 aliphatic carbocycles. The second-order valence-electron chi connectivity index (χ2n) is 4.99. The van der Waals surface area contributed by atoms with E-state index in [0.717, 1.165) is 16.2 Å². The Kier molecular flexibility index (Phi) is 4.35. The van der Waals surface area contributed by atoms with E-state index in [2.05, 4.69) is 4.99 Å². The van der Waals surface area contributed by atoms with Crippen LogP contribution in [0.15, 0.2) is 76.6 Å². The third-order valence-corrected chi connectivity index (χ3v) is 4.31. The molecule has 0 unspecified atom stereocenters. The lowest BCUT2D eigenvalue weighted by molar-refractivity contribution is -0.113. The van der Waals surface area contributed by atoms with Crippen LogP contribution in [0.2, 0.25) is 0 Å². The van der Waals surface area contributed by atoms with E-state index in [-0.39, 0.29) is 5.91 Å². The first-order valence-corrected chi connectivity index (χ1v) is 7.85. The maximum atomic E-state index is 12.0. The SMILES string of the molecule is Cc1ccc(C2=NC(=O)C(=CC=Cc3ccccc3)S2)cc1. The number of hydrogen-bond acceptors (Lipinski definition) is 2. The van der Waals surface area contributed by atoms with Crippen LogP contribution in [-0.2, 0) is 4.79 Å². The summed E-state index contributed by atoms with van der Waals surface area (Å²) in [7, 11) is 0. The predicted molar refractivity (Wildman–Crippen MR) is 93.9 cm³/mol. The molecule has 108 valence electrons. The molecule has 0 radical (unpaired) electrons. The molecule has 0 fully saturated rings. The van der Waals surface area contributed by atoms with Crippen LogP contribution in [0.3, 0.4) is 0 Å². The quantitative estimate of drug-likeness (QED) is 0.775. The van der Waals surface area contributed by atoms with Gasteiger partial charge >= 0.3 is 0 Å². The Hall–Kier alpha value is -2.39. The van der Waals surface area contributed by atoms with Crippen LogP contribution in [0, 0.1) is 6.92 Å². The summed E-state index contributed by atoms with van der Waals surface area (Å²) >= 11 is 1.42. The number of rotatable bonds is 3. The van der Waals surface area contributed by atoms with Crippen molar-refractivity contribution in [1.82, 2.24) is 0 Å². The number of benzene rings is 2. The molecule has 2 nitrogen and oxygen atoms in total. The van der Waals surface area contributed by atoms with E-state index in [0.29, 0.717) is 4.91 Å². The van der Waals surface area contributed by atoms with Gasteiger partial charge in [0.1, 0.15) is 5.04 Å². The van der Waals surface area contributed by atoms with Gasteiger partial charge in [-0.1, -0.05) is 84.1 Å². The largest absolute Gasteiger partial charge is 0.284 e. The van der Waals surface area contributed by atoms with Crippen molar-refractivity contribution in [2.24, 2.45) is 4.99 Å². The van der Waals surface area contributed by atoms with Crippen LogP contribution >= 0.6 is 11.8 Å². The summed E-state index contributed by atoms with van der Waals surface area (Å²) in [5, 5.41) is 0.768. The molecule has 0 saturated carbocycles. The van der Waals surface area contributed by atoms with Crippen molar-refractivity contribution in [3.8, 4) is 0 Å². The number of aliphatic imine (C=N–C) groups is 1. The van der Waals surface area contributed by atoms with Crippen molar-refractivity contribution in [1.29, 1.82) is 0 Å². The normalized spacial score (nSPS) is 16.5. The highest BCUT2D eigenvalue weighted by atomic mass is 32.2. The van der Waals surface area contributed by atoms with Gasteiger partial charge in [0.25, 0.3) is 5.91 Å². The van der Waals surface area contributed by atoms with E-state index >= 15 is 0 Å². The van der Waals surface area contributed by atoms with Crippen molar-refractivity contribution in [3.63, 3.8) is 0 Å². The third kappa shape index (κ3) is 3.43. The van der Waals surface area contributed by atoms with Crippen molar-refractivity contribution in [2.75, 3.05) is 0 Å². The van der Waals surface area contributed by atoms with E-state index in [4.69, 9.17) is 0 Å². The van der Waals surface area contributed by atoms with Crippen LogP contribution < -0.4 is 0 Å². The number of carbonyl (C=O) groups is 1. The van der Waals surface area contributed by atoms with Gasteiger partial charge in [0.2, 0.25) is 0 Å². The Morgan fingerprint density at radius 2 is 1.73 bits per heavy atom. The highest BCUT2D eigenvalue weighted by molar-refractivity contribution is 8.19. The molecule has 0 N–H and O–H groups in total. The standard InChI is InChI=1S/C19H15NOS/c1-14-10-12-16(13-11-14)19-20-18(21)17(22-19)9-5-8-15-6-3-2-4-7-15/h2-13H,1H3. The predicted octanol–water partition coefficient (Wildman–Crippen LogP) is 4.61. The third-order valence-electron chi connectivity index (χ3n) is 3.25. The average molecular weight is 305 g/mol. The van der Waals surface area contributed by atoms with Gasteiger partial charge in [-0.15, -0.1) is 0 Å². The molecular weight excluding hydrogens is 290 g/mol. The highest BCUT2D eigenvalue weighted by Crippen LogP contribution is 2.30. The second kappa shape index (κ2) is 6.58. The molecule has 1 heterocycles. The highest BCUT2D eigenvalue weighted by Gasteiger charge is 2.21. The van der Waals surface area contributed by atoms with E-state index < -0.39 is 0 Å². The fraction of sp³-hybridized carbons (Fsp3) is 0.0526. The van der Waals surface area contributed by atoms with Crippen molar-refractivity contribution in [3.05, 3.63) is 88.3 Å². The molecule has 0 aromatic heterocycles. The first-order chi connectivity index (χ1) is 10.7. The Balaban J connectivity index is 1.73. The van der Waals surface area contributed by atoms with E-state index in [1.807, 2.05) is 79.7 Å². The molecule has 0 bridgehead atoms. The fourth-order valence-electron chi connectivity index (χ4n) is 2.05. The minimum absolute atomic E-state index is 0.168. The summed E-state index contributed by atoms with van der Waals surface area (Å²) < 4.78 is 0. The van der Waals surface area contributed by atoms with Gasteiger partial charge < -0.3 is 0 Å². The molecule has 1 aliphatic heterocycles. The number of allylic oxidation sites excluding steroid dienone is 2. The molecule has 1 aliphatic rings. The van der Waals surface area contributed by atoms with E-state index in [1.165, 1.54) is 17.3 Å². The van der Waals surface area contributed by atoms with Crippen LogP contribution in [0.5, 0.6) is 0 Å². The van der Waals surface area contributed by atoms with Gasteiger partial charge in [-0.2, -0.15) is 0 Å². The molecule has 2 aromatic rings. The van der Waals surface area contributed by atoms with Crippen molar-refractivity contribution in [2.45, 2.75) is 6.92 Å². The Morgan fingerprint density at radius 1 is 1.00 bits per heavy atom. The molecule has 3 rings (SSSR count). The van der Waals surface area contributed by atoms with Crippen LogP contribution in [0.25, 0.3) is 6.08 Å². The number of hydrogen-bond donors (Lipinski definition) is 0. The van der Waals surface area contributed by atoms with Gasteiger partial charge in [0, 0.05) is 5.56 Å². The summed E-state index contributed by atoms with van der Waals surface area (Å²) in [5.41, 5.74) is 3.29. The first kappa shape index (κ1) is 14.5. The topological polar surface area (TPSA) is 29.4 Å². The minimum Gasteiger partial charge on any atom is -0.266 e. The maximum Gasteiger partial charge on any atom is 0.284 e. The molecule has 0 spiro atoms. The summed E-state index contributed by atoms with van der Waals surface area (Å²) in [6.45, 7) is 2.04. The molecule has 0 saturated heterocycles. The van der Waals surface area contributed by atoms with E-state index in [1.54, 1.807) is 0 Å². The summed E-state index contributed by atoms with van der Waals surface area (Å²) in [4.78, 5) is 16.7. The lowest BCUT2D eigenvalue weighted by Crippen LogP contribution is -1.90. The molecule has 1 amide bonds. The number of thioether (sulfide) groups is 1.